The number of aromatic nitrogens is 3. The van der Waals surface area contributed by atoms with E-state index in [1.165, 1.54) is 34.9 Å². The monoisotopic (exact) mass is 448 g/mol. The lowest BCUT2D eigenvalue weighted by Gasteiger charge is -2.30. The molecule has 0 aliphatic carbocycles. The number of pyridine rings is 1. The topological polar surface area (TPSA) is 61.5 Å². The van der Waals surface area contributed by atoms with Gasteiger partial charge in [0.2, 0.25) is 0 Å². The number of ether oxygens (including phenoxy) is 2. The zero-order valence-corrected chi connectivity index (χ0v) is 17.7. The number of nitrogens with zero attached hydrogens (tertiary/aromatic N) is 4. The van der Waals surface area contributed by atoms with E-state index < -0.39 is 6.36 Å². The Morgan fingerprint density at radius 3 is 2.34 bits per heavy atom. The van der Waals surface area contributed by atoms with Crippen molar-refractivity contribution in [1.82, 2.24) is 19.2 Å². The predicted molar refractivity (Wildman–Crippen MR) is 112 cm³/mol. The van der Waals surface area contributed by atoms with Crippen LogP contribution >= 0.6 is 0 Å². The van der Waals surface area contributed by atoms with Crippen LogP contribution < -0.4 is 15.0 Å². The first-order chi connectivity index (χ1) is 15.2. The van der Waals surface area contributed by atoms with Crippen molar-refractivity contribution >= 4 is 0 Å². The van der Waals surface area contributed by atoms with Gasteiger partial charge in [-0.2, -0.15) is 5.10 Å². The van der Waals surface area contributed by atoms with Gasteiger partial charge in [-0.15, -0.1) is 13.2 Å². The van der Waals surface area contributed by atoms with Crippen LogP contribution in [0.15, 0.2) is 53.7 Å². The first-order valence-electron chi connectivity index (χ1n) is 10.1. The van der Waals surface area contributed by atoms with Crippen molar-refractivity contribution in [2.24, 2.45) is 7.05 Å². The van der Waals surface area contributed by atoms with Crippen molar-refractivity contribution in [3.8, 4) is 28.3 Å². The molecule has 1 aromatic carbocycles. The highest BCUT2D eigenvalue weighted by Gasteiger charge is 2.31. The highest BCUT2D eigenvalue weighted by atomic mass is 19.4. The van der Waals surface area contributed by atoms with E-state index in [4.69, 9.17) is 4.74 Å². The average Bonchev–Trinajstić information content (AvgIpc) is 3.15. The molecule has 0 spiro atoms. The van der Waals surface area contributed by atoms with E-state index in [-0.39, 0.29) is 17.4 Å². The number of benzene rings is 1. The Bertz CT molecular complexity index is 1130. The molecule has 0 amide bonds. The van der Waals surface area contributed by atoms with Gasteiger partial charge in [0.25, 0.3) is 5.56 Å². The van der Waals surface area contributed by atoms with Crippen molar-refractivity contribution in [3.63, 3.8) is 0 Å². The average molecular weight is 448 g/mol. The molecule has 1 fully saturated rings. The van der Waals surface area contributed by atoms with Crippen LogP contribution in [0.1, 0.15) is 12.8 Å². The van der Waals surface area contributed by atoms with E-state index in [1.54, 1.807) is 24.1 Å². The summed E-state index contributed by atoms with van der Waals surface area (Å²) in [5.41, 5.74) is 1.49. The number of aryl methyl sites for hydroxylation is 1. The van der Waals surface area contributed by atoms with Crippen LogP contribution in [0.2, 0.25) is 0 Å². The zero-order chi connectivity index (χ0) is 22.9. The Hall–Kier alpha value is -3.27. The zero-order valence-electron chi connectivity index (χ0n) is 17.7. The molecule has 170 valence electrons. The second kappa shape index (κ2) is 8.70. The standard InChI is InChI=1S/C22H23F3N4O3/c1-27-9-7-17(8-10-27)31-20-11-21(30)29(14-19(20)15-12-26-28(2)13-15)16-3-5-18(6-4-16)32-22(23,24)25/h3-6,11-14,17H,7-10H2,1-2H3. The van der Waals surface area contributed by atoms with E-state index >= 15 is 0 Å². The fourth-order valence-electron chi connectivity index (χ4n) is 3.68. The number of hydrogen-bond acceptors (Lipinski definition) is 5. The van der Waals surface area contributed by atoms with Crippen LogP contribution in [0.4, 0.5) is 13.2 Å². The van der Waals surface area contributed by atoms with Gasteiger partial charge in [0.05, 0.1) is 6.20 Å². The first-order valence-corrected chi connectivity index (χ1v) is 10.1. The fourth-order valence-corrected chi connectivity index (χ4v) is 3.68. The summed E-state index contributed by atoms with van der Waals surface area (Å²) in [4.78, 5) is 15.1. The summed E-state index contributed by atoms with van der Waals surface area (Å²) in [5.74, 6) is 0.106. The van der Waals surface area contributed by atoms with Gasteiger partial charge in [0.1, 0.15) is 17.6 Å². The van der Waals surface area contributed by atoms with Crippen LogP contribution in [0, 0.1) is 0 Å². The lowest BCUT2D eigenvalue weighted by atomic mass is 10.1. The SMILES string of the molecule is CN1CCC(Oc2cc(=O)n(-c3ccc(OC(F)(F)F)cc3)cc2-c2cnn(C)c2)CC1. The number of hydrogen-bond donors (Lipinski definition) is 0. The van der Waals surface area contributed by atoms with Gasteiger partial charge >= 0.3 is 6.36 Å². The summed E-state index contributed by atoms with van der Waals surface area (Å²) >= 11 is 0. The second-order valence-electron chi connectivity index (χ2n) is 7.82. The number of alkyl halides is 3. The van der Waals surface area contributed by atoms with E-state index in [9.17, 15) is 18.0 Å². The van der Waals surface area contributed by atoms with E-state index in [0.717, 1.165) is 31.5 Å². The minimum Gasteiger partial charge on any atom is -0.489 e. The van der Waals surface area contributed by atoms with Gasteiger partial charge in [-0.25, -0.2) is 0 Å². The maximum atomic E-state index is 12.9. The number of rotatable bonds is 5. The molecule has 32 heavy (non-hydrogen) atoms. The third-order valence-electron chi connectivity index (χ3n) is 5.34. The predicted octanol–water partition coefficient (Wildman–Crippen LogP) is 3.61. The molecule has 3 heterocycles. The maximum Gasteiger partial charge on any atom is 0.573 e. The van der Waals surface area contributed by atoms with Crippen LogP contribution in [-0.2, 0) is 7.05 Å². The Morgan fingerprint density at radius 2 is 1.75 bits per heavy atom. The van der Waals surface area contributed by atoms with Crippen molar-refractivity contribution in [1.29, 1.82) is 0 Å². The molecule has 0 N–H and O–H groups in total. The van der Waals surface area contributed by atoms with Gasteiger partial charge in [-0.05, 0) is 44.2 Å². The Balaban J connectivity index is 1.69. The third kappa shape index (κ3) is 5.13. The quantitative estimate of drug-likeness (QED) is 0.597. The highest BCUT2D eigenvalue weighted by molar-refractivity contribution is 5.69. The summed E-state index contributed by atoms with van der Waals surface area (Å²) in [6.07, 6.45) is 2.04. The van der Waals surface area contributed by atoms with Gasteiger partial charge < -0.3 is 14.4 Å². The fraction of sp³-hybridized carbons (Fsp3) is 0.364. The molecule has 1 aliphatic rings. The van der Waals surface area contributed by atoms with Crippen LogP contribution in [-0.4, -0.2) is 51.9 Å². The molecular weight excluding hydrogens is 425 g/mol. The largest absolute Gasteiger partial charge is 0.573 e. The molecule has 0 bridgehead atoms. The number of likely N-dealkylation sites (tertiary alicyclic amines) is 1. The summed E-state index contributed by atoms with van der Waals surface area (Å²) in [5, 5.41) is 4.21. The molecule has 0 saturated carbocycles. The summed E-state index contributed by atoms with van der Waals surface area (Å²) in [7, 11) is 3.85. The van der Waals surface area contributed by atoms with E-state index in [1.807, 2.05) is 6.20 Å². The minimum atomic E-state index is -4.78. The summed E-state index contributed by atoms with van der Waals surface area (Å²) in [6.45, 7) is 1.83. The Morgan fingerprint density at radius 1 is 1.06 bits per heavy atom. The lowest BCUT2D eigenvalue weighted by molar-refractivity contribution is -0.274. The molecule has 0 atom stereocenters. The van der Waals surface area contributed by atoms with E-state index in [2.05, 4.69) is 21.8 Å². The molecule has 10 heteroatoms. The second-order valence-corrected chi connectivity index (χ2v) is 7.82. The number of piperidine rings is 1. The molecule has 1 saturated heterocycles. The van der Waals surface area contributed by atoms with Gasteiger partial charge in [-0.3, -0.25) is 14.0 Å². The lowest BCUT2D eigenvalue weighted by Crippen LogP contribution is -2.36. The normalized spacial score (nSPS) is 15.7. The smallest absolute Gasteiger partial charge is 0.489 e. The molecule has 0 unspecified atom stereocenters. The summed E-state index contributed by atoms with van der Waals surface area (Å²) in [6, 6.07) is 6.55. The first kappa shape index (κ1) is 21.9. The number of halogens is 3. The van der Waals surface area contributed by atoms with Crippen molar-refractivity contribution in [2.75, 3.05) is 20.1 Å². The van der Waals surface area contributed by atoms with Crippen LogP contribution in [0.5, 0.6) is 11.5 Å². The molecular formula is C22H23F3N4O3. The third-order valence-corrected chi connectivity index (χ3v) is 5.34. The Kier molecular flexibility index (Phi) is 5.96. The summed E-state index contributed by atoms with van der Waals surface area (Å²) < 4.78 is 50.4. The van der Waals surface area contributed by atoms with Gasteiger partial charge in [-0.1, -0.05) is 0 Å². The molecule has 3 aromatic rings. The molecule has 4 rings (SSSR count). The minimum absolute atomic E-state index is 0.00401. The maximum absolute atomic E-state index is 12.9. The van der Waals surface area contributed by atoms with Gasteiger partial charge in [0, 0.05) is 55.4 Å². The van der Waals surface area contributed by atoms with Crippen LogP contribution in [0.3, 0.4) is 0 Å². The van der Waals surface area contributed by atoms with Gasteiger partial charge in [0.15, 0.2) is 0 Å². The molecule has 0 radical (unpaired) electrons. The van der Waals surface area contributed by atoms with Crippen molar-refractivity contribution < 1.29 is 22.6 Å². The van der Waals surface area contributed by atoms with Crippen molar-refractivity contribution in [2.45, 2.75) is 25.3 Å². The highest BCUT2D eigenvalue weighted by Crippen LogP contribution is 2.31. The molecule has 7 nitrogen and oxygen atoms in total. The van der Waals surface area contributed by atoms with Crippen molar-refractivity contribution in [3.05, 3.63) is 59.3 Å². The van der Waals surface area contributed by atoms with Crippen LogP contribution in [0.25, 0.3) is 16.8 Å². The Labute approximate surface area is 182 Å². The van der Waals surface area contributed by atoms with E-state index in [0.29, 0.717) is 17.0 Å². The molecule has 1 aliphatic heterocycles. The molecule has 2 aromatic heterocycles.